The molecule has 0 aliphatic heterocycles. The molecule has 0 aliphatic rings. The molecule has 0 radical (unpaired) electrons. The first-order valence-corrected chi connectivity index (χ1v) is 11.6. The minimum atomic E-state index is -0.409. The van der Waals surface area contributed by atoms with E-state index in [1.807, 2.05) is 38.1 Å². The molecule has 4 rings (SSSR count). The third-order valence-corrected chi connectivity index (χ3v) is 6.34. The number of aryl methyl sites for hydroxylation is 2. The Bertz CT molecular complexity index is 1320. The van der Waals surface area contributed by atoms with E-state index in [2.05, 4.69) is 26.3 Å². The molecule has 2 heterocycles. The van der Waals surface area contributed by atoms with Crippen LogP contribution in [0.15, 0.2) is 63.6 Å². The topological polar surface area (TPSA) is 69.3 Å². The zero-order chi connectivity index (χ0) is 23.5. The summed E-state index contributed by atoms with van der Waals surface area (Å²) in [6, 6.07) is 14.6. The van der Waals surface area contributed by atoms with Crippen molar-refractivity contribution in [3.05, 3.63) is 97.5 Å². The number of amides is 1. The molecule has 4 aromatic rings. The molecule has 0 bridgehead atoms. The van der Waals surface area contributed by atoms with Crippen LogP contribution < -0.4 is 10.1 Å². The highest BCUT2D eigenvalue weighted by Gasteiger charge is 2.16. The summed E-state index contributed by atoms with van der Waals surface area (Å²) in [5.41, 5.74) is 3.28. The zero-order valence-corrected chi connectivity index (χ0v) is 21.0. The van der Waals surface area contributed by atoms with E-state index in [1.54, 1.807) is 35.1 Å². The Labute approximate surface area is 209 Å². The lowest BCUT2D eigenvalue weighted by molar-refractivity contribution is 0.0992. The number of nitrogens with one attached hydrogen (secondary N) is 1. The molecular weight excluding hydrogens is 529 g/mol. The summed E-state index contributed by atoms with van der Waals surface area (Å²) in [4.78, 5) is 12.6. The second-order valence-corrected chi connectivity index (χ2v) is 9.20. The van der Waals surface area contributed by atoms with E-state index in [1.165, 1.54) is 5.56 Å². The number of hydrogen-bond acceptors (Lipinski definition) is 4. The normalized spacial score (nSPS) is 10.9. The number of nitrogens with zero attached hydrogens (tertiary/aromatic N) is 2. The monoisotopic (exact) mass is 547 g/mol. The van der Waals surface area contributed by atoms with Gasteiger partial charge in [0.1, 0.15) is 18.1 Å². The fourth-order valence-electron chi connectivity index (χ4n) is 3.09. The predicted octanol–water partition coefficient (Wildman–Crippen LogP) is 7.04. The summed E-state index contributed by atoms with van der Waals surface area (Å²) in [7, 11) is 0. The average molecular weight is 549 g/mol. The van der Waals surface area contributed by atoms with Gasteiger partial charge in [-0.1, -0.05) is 35.3 Å². The summed E-state index contributed by atoms with van der Waals surface area (Å²) in [6.07, 6.45) is 1.77. The third kappa shape index (κ3) is 5.79. The fourth-order valence-corrected chi connectivity index (χ4v) is 3.83. The van der Waals surface area contributed by atoms with Crippen LogP contribution in [-0.2, 0) is 13.2 Å². The van der Waals surface area contributed by atoms with Crippen molar-refractivity contribution in [2.75, 3.05) is 5.32 Å². The van der Waals surface area contributed by atoms with Crippen molar-refractivity contribution in [2.45, 2.75) is 27.0 Å². The van der Waals surface area contributed by atoms with Crippen LogP contribution in [0.1, 0.15) is 33.0 Å². The molecule has 9 heteroatoms. The van der Waals surface area contributed by atoms with Crippen molar-refractivity contribution in [2.24, 2.45) is 0 Å². The molecule has 33 heavy (non-hydrogen) atoms. The molecule has 2 aromatic carbocycles. The van der Waals surface area contributed by atoms with E-state index in [4.69, 9.17) is 32.4 Å². The number of aromatic nitrogens is 2. The number of hydrogen-bond donors (Lipinski definition) is 1. The summed E-state index contributed by atoms with van der Waals surface area (Å²) in [6.45, 7) is 4.76. The average Bonchev–Trinajstić information content (AvgIpc) is 3.38. The van der Waals surface area contributed by atoms with E-state index in [0.717, 1.165) is 16.9 Å². The largest absolute Gasteiger partial charge is 0.486 e. The smallest absolute Gasteiger partial charge is 0.292 e. The Morgan fingerprint density at radius 1 is 1.09 bits per heavy atom. The third-order valence-electron chi connectivity index (χ3n) is 5.02. The van der Waals surface area contributed by atoms with Crippen LogP contribution >= 0.6 is 39.1 Å². The van der Waals surface area contributed by atoms with Gasteiger partial charge >= 0.3 is 0 Å². The highest BCUT2D eigenvalue weighted by atomic mass is 79.9. The summed E-state index contributed by atoms with van der Waals surface area (Å²) < 4.78 is 13.7. The maximum atomic E-state index is 12.6. The number of rotatable bonds is 7. The zero-order valence-electron chi connectivity index (χ0n) is 17.9. The number of anilines is 1. The highest BCUT2D eigenvalue weighted by Crippen LogP contribution is 2.25. The Morgan fingerprint density at radius 3 is 2.67 bits per heavy atom. The molecule has 1 amide bonds. The number of halogens is 3. The molecule has 0 atom stereocenters. The van der Waals surface area contributed by atoms with Gasteiger partial charge in [0.05, 0.1) is 21.1 Å². The maximum Gasteiger partial charge on any atom is 0.292 e. The minimum Gasteiger partial charge on any atom is -0.486 e. The van der Waals surface area contributed by atoms with Gasteiger partial charge in [-0.15, -0.1) is 0 Å². The molecule has 0 fully saturated rings. The number of furan rings is 1. The Morgan fingerprint density at radius 2 is 1.91 bits per heavy atom. The molecule has 2 aromatic heterocycles. The summed E-state index contributed by atoms with van der Waals surface area (Å²) in [5.74, 6) is 1.43. The second kappa shape index (κ2) is 10.0. The SMILES string of the molecule is Cc1ccc(OCc2ccc(C(=O)Nc3nn(Cc4ccc(Cl)c(Cl)c4)cc3Br)o2)cc1C. The van der Waals surface area contributed by atoms with Gasteiger partial charge in [-0.25, -0.2) is 0 Å². The minimum absolute atomic E-state index is 0.166. The molecule has 0 saturated carbocycles. The Hall–Kier alpha value is -2.74. The molecule has 0 saturated heterocycles. The van der Waals surface area contributed by atoms with E-state index < -0.39 is 5.91 Å². The standard InChI is InChI=1S/C24H20BrCl2N3O3/c1-14-3-5-17(9-15(14)2)32-13-18-6-8-22(33-18)24(31)28-23-19(25)12-30(29-23)11-16-4-7-20(26)21(27)10-16/h3-10,12H,11,13H2,1-2H3,(H,28,29,31). The number of carbonyl (C=O) groups is 1. The molecule has 0 spiro atoms. The molecule has 1 N–H and O–H groups in total. The van der Waals surface area contributed by atoms with Crippen molar-refractivity contribution in [3.8, 4) is 5.75 Å². The van der Waals surface area contributed by atoms with Crippen LogP contribution in [0.3, 0.4) is 0 Å². The first-order chi connectivity index (χ1) is 15.8. The lowest BCUT2D eigenvalue weighted by atomic mass is 10.1. The van der Waals surface area contributed by atoms with Crippen LogP contribution in [0.5, 0.6) is 5.75 Å². The predicted molar refractivity (Wildman–Crippen MR) is 132 cm³/mol. The lowest BCUT2D eigenvalue weighted by Crippen LogP contribution is -2.12. The summed E-state index contributed by atoms with van der Waals surface area (Å²) >= 11 is 15.5. The van der Waals surface area contributed by atoms with Crippen LogP contribution in [0.25, 0.3) is 0 Å². The van der Waals surface area contributed by atoms with E-state index in [9.17, 15) is 4.79 Å². The molecule has 6 nitrogen and oxygen atoms in total. The maximum absolute atomic E-state index is 12.6. The molecule has 0 unspecified atom stereocenters. The Balaban J connectivity index is 1.37. The lowest BCUT2D eigenvalue weighted by Gasteiger charge is -2.07. The van der Waals surface area contributed by atoms with Crippen molar-refractivity contribution in [1.29, 1.82) is 0 Å². The van der Waals surface area contributed by atoms with Crippen molar-refractivity contribution in [1.82, 2.24) is 9.78 Å². The fraction of sp³-hybridized carbons (Fsp3) is 0.167. The van der Waals surface area contributed by atoms with Gasteiger partial charge in [-0.05, 0) is 82.9 Å². The van der Waals surface area contributed by atoms with Gasteiger partial charge < -0.3 is 14.5 Å². The van der Waals surface area contributed by atoms with E-state index in [-0.39, 0.29) is 12.4 Å². The highest BCUT2D eigenvalue weighted by molar-refractivity contribution is 9.10. The van der Waals surface area contributed by atoms with Crippen molar-refractivity contribution < 1.29 is 13.9 Å². The van der Waals surface area contributed by atoms with Gasteiger partial charge in [0, 0.05) is 6.20 Å². The van der Waals surface area contributed by atoms with Crippen molar-refractivity contribution in [3.63, 3.8) is 0 Å². The van der Waals surface area contributed by atoms with Gasteiger partial charge in [0.15, 0.2) is 11.6 Å². The van der Waals surface area contributed by atoms with Crippen LogP contribution in [0.4, 0.5) is 5.82 Å². The second-order valence-electron chi connectivity index (χ2n) is 7.53. The van der Waals surface area contributed by atoms with Gasteiger partial charge in [0.25, 0.3) is 5.91 Å². The van der Waals surface area contributed by atoms with Crippen LogP contribution in [0, 0.1) is 13.8 Å². The Kier molecular flexibility index (Phi) is 7.12. The first-order valence-electron chi connectivity index (χ1n) is 10.1. The van der Waals surface area contributed by atoms with Gasteiger partial charge in [-0.2, -0.15) is 5.10 Å². The van der Waals surface area contributed by atoms with Gasteiger partial charge in [-0.3, -0.25) is 9.48 Å². The quantitative estimate of drug-likeness (QED) is 0.269. The number of benzene rings is 2. The summed E-state index contributed by atoms with van der Waals surface area (Å²) in [5, 5.41) is 8.14. The van der Waals surface area contributed by atoms with Crippen molar-refractivity contribution >= 4 is 50.9 Å². The first kappa shape index (κ1) is 23.4. The number of ether oxygens (including phenoxy) is 1. The molecule has 170 valence electrons. The van der Waals surface area contributed by atoms with E-state index in [0.29, 0.717) is 32.6 Å². The van der Waals surface area contributed by atoms with Gasteiger partial charge in [0.2, 0.25) is 0 Å². The van der Waals surface area contributed by atoms with E-state index >= 15 is 0 Å². The van der Waals surface area contributed by atoms with Crippen LogP contribution in [-0.4, -0.2) is 15.7 Å². The number of carbonyl (C=O) groups excluding carboxylic acids is 1. The van der Waals surface area contributed by atoms with Crippen LogP contribution in [0.2, 0.25) is 10.0 Å². The molecule has 0 aliphatic carbocycles. The molecular formula is C24H20BrCl2N3O3.